The van der Waals surface area contributed by atoms with Gasteiger partial charge in [-0.15, -0.1) is 0 Å². The van der Waals surface area contributed by atoms with Gasteiger partial charge >= 0.3 is 5.97 Å². The summed E-state index contributed by atoms with van der Waals surface area (Å²) in [7, 11) is 3.07. The molecule has 0 saturated carbocycles. The van der Waals surface area contributed by atoms with E-state index in [1.165, 1.54) is 14.2 Å². The summed E-state index contributed by atoms with van der Waals surface area (Å²) in [5.41, 5.74) is 1.94. The number of hydrogen-bond donors (Lipinski definition) is 1. The van der Waals surface area contributed by atoms with E-state index in [2.05, 4.69) is 16.4 Å². The molecule has 0 unspecified atom stereocenters. The predicted molar refractivity (Wildman–Crippen MR) is 121 cm³/mol. The number of ether oxygens (including phenoxy) is 3. The molecule has 1 amide bonds. The first-order chi connectivity index (χ1) is 15.5. The lowest BCUT2D eigenvalue weighted by molar-refractivity contribution is -0.113. The van der Waals surface area contributed by atoms with Gasteiger partial charge in [0.25, 0.3) is 0 Å². The molecule has 0 fully saturated rings. The van der Waals surface area contributed by atoms with Crippen molar-refractivity contribution in [3.05, 3.63) is 53.6 Å². The van der Waals surface area contributed by atoms with Crippen molar-refractivity contribution < 1.29 is 23.8 Å². The van der Waals surface area contributed by atoms with Crippen LogP contribution in [0.4, 0.5) is 5.69 Å². The Morgan fingerprint density at radius 2 is 1.78 bits per heavy atom. The first kappa shape index (κ1) is 22.9. The molecule has 3 aromatic rings. The predicted octanol–water partition coefficient (Wildman–Crippen LogP) is 4.03. The van der Waals surface area contributed by atoms with Gasteiger partial charge in [0.2, 0.25) is 5.91 Å². The van der Waals surface area contributed by atoms with Gasteiger partial charge in [-0.3, -0.25) is 4.79 Å². The smallest absolute Gasteiger partial charge is 0.338 e. The van der Waals surface area contributed by atoms with Gasteiger partial charge in [0, 0.05) is 17.1 Å². The number of hydrogen-bond acceptors (Lipinski definition) is 8. The molecule has 9 heteroatoms. The number of fused-ring (bicyclic) bond motifs is 1. The maximum Gasteiger partial charge on any atom is 0.338 e. The zero-order valence-electron chi connectivity index (χ0n) is 17.8. The maximum absolute atomic E-state index is 12.4. The van der Waals surface area contributed by atoms with Gasteiger partial charge in [0.1, 0.15) is 11.1 Å². The molecule has 0 aliphatic rings. The second-order valence-electron chi connectivity index (χ2n) is 6.49. The monoisotopic (exact) mass is 451 g/mol. The minimum atomic E-state index is -0.415. The number of nitrogens with zero attached hydrogens (tertiary/aromatic N) is 2. The van der Waals surface area contributed by atoms with Crippen LogP contribution in [0.15, 0.2) is 47.5 Å². The normalized spacial score (nSPS) is 10.3. The number of aromatic nitrogens is 1. The molecule has 0 radical (unpaired) electrons. The van der Waals surface area contributed by atoms with Gasteiger partial charge < -0.3 is 19.5 Å². The molecule has 1 aromatic heterocycles. The van der Waals surface area contributed by atoms with Crippen molar-refractivity contribution in [3.63, 3.8) is 0 Å². The van der Waals surface area contributed by atoms with Crippen LogP contribution in [-0.2, 0) is 9.53 Å². The van der Waals surface area contributed by atoms with Crippen molar-refractivity contribution in [1.29, 1.82) is 5.26 Å². The largest absolute Gasteiger partial charge is 0.493 e. The van der Waals surface area contributed by atoms with Crippen molar-refractivity contribution in [2.45, 2.75) is 11.9 Å². The molecule has 3 rings (SSSR count). The van der Waals surface area contributed by atoms with Gasteiger partial charge in [-0.2, -0.15) is 5.26 Å². The van der Waals surface area contributed by atoms with Crippen LogP contribution >= 0.6 is 11.8 Å². The first-order valence-electron chi connectivity index (χ1n) is 9.65. The number of carbonyl (C=O) groups excluding carboxylic acids is 2. The number of methoxy groups -OCH3 is 2. The Morgan fingerprint density at radius 1 is 1.09 bits per heavy atom. The van der Waals surface area contributed by atoms with E-state index in [0.29, 0.717) is 45.5 Å². The third kappa shape index (κ3) is 5.28. The number of amides is 1. The molecular weight excluding hydrogens is 430 g/mol. The van der Waals surface area contributed by atoms with E-state index in [1.54, 1.807) is 49.4 Å². The standard InChI is InChI=1S/C23H21N3O5S/c1-4-31-23(28)14-5-7-17(8-6-14)25-21(27)13-32-22-16(12-24)9-15-10-19(29-2)20(30-3)11-18(15)26-22/h5-11H,4,13H2,1-3H3,(H,25,27). The lowest BCUT2D eigenvalue weighted by Crippen LogP contribution is -2.14. The lowest BCUT2D eigenvalue weighted by Gasteiger charge is -2.11. The minimum absolute atomic E-state index is 0.0557. The zero-order chi connectivity index (χ0) is 23.1. The number of pyridine rings is 1. The molecule has 0 aliphatic carbocycles. The van der Waals surface area contributed by atoms with Gasteiger partial charge in [0.15, 0.2) is 11.5 Å². The van der Waals surface area contributed by atoms with E-state index in [-0.39, 0.29) is 11.7 Å². The highest BCUT2D eigenvalue weighted by Gasteiger charge is 2.14. The number of benzene rings is 2. The van der Waals surface area contributed by atoms with Gasteiger partial charge in [-0.05, 0) is 43.3 Å². The molecule has 0 saturated heterocycles. The van der Waals surface area contributed by atoms with Crippen molar-refractivity contribution in [1.82, 2.24) is 4.98 Å². The average molecular weight is 452 g/mol. The SMILES string of the molecule is CCOC(=O)c1ccc(NC(=O)CSc2nc3cc(OC)c(OC)cc3cc2C#N)cc1. The molecule has 0 atom stereocenters. The molecule has 1 heterocycles. The maximum atomic E-state index is 12.4. The van der Waals surface area contributed by atoms with Crippen LogP contribution < -0.4 is 14.8 Å². The Bertz CT molecular complexity index is 1190. The van der Waals surface area contributed by atoms with Crippen LogP contribution in [0.2, 0.25) is 0 Å². The van der Waals surface area contributed by atoms with Gasteiger partial charge in [0.05, 0.1) is 43.2 Å². The number of nitriles is 1. The van der Waals surface area contributed by atoms with Crippen LogP contribution in [0.25, 0.3) is 10.9 Å². The van der Waals surface area contributed by atoms with Crippen LogP contribution in [0.5, 0.6) is 11.5 Å². The van der Waals surface area contributed by atoms with E-state index in [9.17, 15) is 14.9 Å². The second-order valence-corrected chi connectivity index (χ2v) is 7.45. The van der Waals surface area contributed by atoms with Crippen LogP contribution in [-0.4, -0.2) is 43.4 Å². The lowest BCUT2D eigenvalue weighted by atomic mass is 10.1. The summed E-state index contributed by atoms with van der Waals surface area (Å²) in [6, 6.07) is 13.7. The van der Waals surface area contributed by atoms with Gasteiger partial charge in [-0.25, -0.2) is 9.78 Å². The van der Waals surface area contributed by atoms with Crippen molar-refractivity contribution in [2.24, 2.45) is 0 Å². The summed E-state index contributed by atoms with van der Waals surface area (Å²) in [5, 5.41) is 13.5. The Balaban J connectivity index is 1.71. The topological polar surface area (TPSA) is 111 Å². The Hall–Kier alpha value is -3.77. The zero-order valence-corrected chi connectivity index (χ0v) is 18.6. The molecular formula is C23H21N3O5S. The number of nitrogens with one attached hydrogen (secondary N) is 1. The van der Waals surface area contributed by atoms with E-state index >= 15 is 0 Å². The fourth-order valence-corrected chi connectivity index (χ4v) is 3.67. The van der Waals surface area contributed by atoms with Crippen molar-refractivity contribution >= 4 is 40.2 Å². The quantitative estimate of drug-likeness (QED) is 0.404. The summed E-state index contributed by atoms with van der Waals surface area (Å²) >= 11 is 1.16. The van der Waals surface area contributed by atoms with Crippen molar-refractivity contribution in [3.8, 4) is 17.6 Å². The fraction of sp³-hybridized carbons (Fsp3) is 0.217. The van der Waals surface area contributed by atoms with Gasteiger partial charge in [-0.1, -0.05) is 11.8 Å². The average Bonchev–Trinajstić information content (AvgIpc) is 2.81. The molecule has 164 valence electrons. The Morgan fingerprint density at radius 3 is 2.41 bits per heavy atom. The summed E-state index contributed by atoms with van der Waals surface area (Å²) in [5.74, 6) is 0.440. The van der Waals surface area contributed by atoms with Crippen LogP contribution in [0, 0.1) is 11.3 Å². The summed E-state index contributed by atoms with van der Waals surface area (Å²) < 4.78 is 15.5. The molecule has 32 heavy (non-hydrogen) atoms. The van der Waals surface area contributed by atoms with E-state index in [4.69, 9.17) is 14.2 Å². The minimum Gasteiger partial charge on any atom is -0.493 e. The van der Waals surface area contributed by atoms with Crippen LogP contribution in [0.1, 0.15) is 22.8 Å². The number of anilines is 1. The molecule has 8 nitrogen and oxygen atoms in total. The third-order valence-corrected chi connectivity index (χ3v) is 5.42. The molecule has 0 bridgehead atoms. The second kappa shape index (κ2) is 10.5. The summed E-state index contributed by atoms with van der Waals surface area (Å²) in [6.45, 7) is 2.03. The summed E-state index contributed by atoms with van der Waals surface area (Å²) in [6.07, 6.45) is 0. The number of esters is 1. The highest BCUT2D eigenvalue weighted by Crippen LogP contribution is 2.33. The molecule has 2 aromatic carbocycles. The number of thioether (sulfide) groups is 1. The summed E-state index contributed by atoms with van der Waals surface area (Å²) in [4.78, 5) is 28.6. The first-order valence-corrected chi connectivity index (χ1v) is 10.6. The highest BCUT2D eigenvalue weighted by molar-refractivity contribution is 8.00. The molecule has 1 N–H and O–H groups in total. The highest BCUT2D eigenvalue weighted by atomic mass is 32.2. The Kier molecular flexibility index (Phi) is 7.52. The van der Waals surface area contributed by atoms with E-state index in [0.717, 1.165) is 17.1 Å². The van der Waals surface area contributed by atoms with Crippen LogP contribution in [0.3, 0.4) is 0 Å². The number of rotatable bonds is 8. The third-order valence-electron chi connectivity index (χ3n) is 4.43. The number of carbonyl (C=O) groups is 2. The molecule has 0 aliphatic heterocycles. The Labute approximate surface area is 189 Å². The van der Waals surface area contributed by atoms with Crippen molar-refractivity contribution in [2.75, 3.05) is 31.9 Å². The van der Waals surface area contributed by atoms with E-state index in [1.807, 2.05) is 0 Å². The molecule has 0 spiro atoms. The fourth-order valence-electron chi connectivity index (χ4n) is 2.91. The van der Waals surface area contributed by atoms with E-state index < -0.39 is 5.97 Å².